The van der Waals surface area contributed by atoms with Crippen LogP contribution in [-0.2, 0) is 14.3 Å². The average molecular weight is 465 g/mol. The summed E-state index contributed by atoms with van der Waals surface area (Å²) >= 11 is 0. The Kier molecular flexibility index (Phi) is 7.50. The predicted molar refractivity (Wildman–Crippen MR) is 128 cm³/mol. The second kappa shape index (κ2) is 10.7. The first kappa shape index (κ1) is 23.8. The van der Waals surface area contributed by atoms with E-state index in [1.165, 1.54) is 11.1 Å². The molecule has 7 nitrogen and oxygen atoms in total. The second-order valence-electron chi connectivity index (χ2n) is 9.21. The summed E-state index contributed by atoms with van der Waals surface area (Å²) in [6.45, 7) is 3.33. The van der Waals surface area contributed by atoms with Crippen LogP contribution >= 0.6 is 0 Å². The fourth-order valence-corrected chi connectivity index (χ4v) is 4.93. The van der Waals surface area contributed by atoms with Crippen LogP contribution in [-0.4, -0.2) is 53.7 Å². The maximum Gasteiger partial charge on any atom is 0.407 e. The number of carbonyl (C=O) groups excluding carboxylic acids is 2. The van der Waals surface area contributed by atoms with Gasteiger partial charge in [0.25, 0.3) is 0 Å². The standard InChI is InChI=1S/C27H32N2O5/c1-2-3-12-24(26(32)29-15-18(16-29)13-14-25(30)31)28-27(33)34-17-23-21-10-6-4-8-19(21)20-9-5-7-11-22(20)23/h4-11,18,23-24H,2-3,12-17H2,1H3,(H,28,33)(H,30,31). The number of fused-ring (bicyclic) bond motifs is 3. The third-order valence-electron chi connectivity index (χ3n) is 6.82. The molecule has 1 aliphatic heterocycles. The van der Waals surface area contributed by atoms with Gasteiger partial charge in [-0.1, -0.05) is 68.3 Å². The van der Waals surface area contributed by atoms with E-state index in [1.807, 2.05) is 31.2 Å². The summed E-state index contributed by atoms with van der Waals surface area (Å²) in [4.78, 5) is 38.1. The smallest absolute Gasteiger partial charge is 0.407 e. The van der Waals surface area contributed by atoms with Crippen LogP contribution in [0.25, 0.3) is 11.1 Å². The van der Waals surface area contributed by atoms with E-state index in [9.17, 15) is 14.4 Å². The summed E-state index contributed by atoms with van der Waals surface area (Å²) in [5.74, 6) is -0.759. The van der Waals surface area contributed by atoms with Crippen molar-refractivity contribution in [1.29, 1.82) is 0 Å². The fraction of sp³-hybridized carbons (Fsp3) is 0.444. The molecule has 1 unspecified atom stereocenters. The minimum absolute atomic E-state index is 0.0340. The Morgan fingerprint density at radius 3 is 2.26 bits per heavy atom. The van der Waals surface area contributed by atoms with Gasteiger partial charge in [0.05, 0.1) is 0 Å². The lowest BCUT2D eigenvalue weighted by Gasteiger charge is -2.41. The molecule has 7 heteroatoms. The van der Waals surface area contributed by atoms with Gasteiger partial charge in [0.1, 0.15) is 12.6 Å². The average Bonchev–Trinajstić information content (AvgIpc) is 3.12. The maximum atomic E-state index is 13.0. The summed E-state index contributed by atoms with van der Waals surface area (Å²) in [7, 11) is 0. The van der Waals surface area contributed by atoms with E-state index in [1.54, 1.807) is 4.90 Å². The molecule has 2 aromatic rings. The largest absolute Gasteiger partial charge is 0.481 e. The Balaban J connectivity index is 1.34. The number of alkyl carbamates (subject to hydrolysis) is 1. The van der Waals surface area contributed by atoms with Crippen molar-refractivity contribution in [3.63, 3.8) is 0 Å². The third-order valence-corrected chi connectivity index (χ3v) is 6.82. The first-order chi connectivity index (χ1) is 16.5. The van der Waals surface area contributed by atoms with E-state index >= 15 is 0 Å². The normalized spacial score (nSPS) is 15.7. The fourth-order valence-electron chi connectivity index (χ4n) is 4.93. The molecule has 0 bridgehead atoms. The van der Waals surface area contributed by atoms with Gasteiger partial charge in [0.2, 0.25) is 5.91 Å². The Morgan fingerprint density at radius 2 is 1.68 bits per heavy atom. The number of carbonyl (C=O) groups is 3. The number of unbranched alkanes of at least 4 members (excludes halogenated alkanes) is 1. The highest BCUT2D eigenvalue weighted by Crippen LogP contribution is 2.44. The first-order valence-corrected chi connectivity index (χ1v) is 12.1. The quantitative estimate of drug-likeness (QED) is 0.543. The van der Waals surface area contributed by atoms with Gasteiger partial charge in [-0.05, 0) is 41.0 Å². The lowest BCUT2D eigenvalue weighted by molar-refractivity contribution is -0.141. The summed E-state index contributed by atoms with van der Waals surface area (Å²) in [5, 5.41) is 11.6. The van der Waals surface area contributed by atoms with Crippen molar-refractivity contribution in [2.24, 2.45) is 5.92 Å². The van der Waals surface area contributed by atoms with Gasteiger partial charge in [-0.15, -0.1) is 0 Å². The zero-order valence-corrected chi connectivity index (χ0v) is 19.5. The number of hydrogen-bond donors (Lipinski definition) is 2. The molecule has 1 saturated heterocycles. The number of nitrogens with zero attached hydrogens (tertiary/aromatic N) is 1. The molecule has 0 radical (unpaired) electrons. The van der Waals surface area contributed by atoms with Crippen molar-refractivity contribution in [3.8, 4) is 11.1 Å². The molecule has 2 aromatic carbocycles. The number of benzene rings is 2. The highest BCUT2D eigenvalue weighted by Gasteiger charge is 2.35. The highest BCUT2D eigenvalue weighted by atomic mass is 16.5. The summed E-state index contributed by atoms with van der Waals surface area (Å²) in [6.07, 6.45) is 2.38. The predicted octanol–water partition coefficient (Wildman–Crippen LogP) is 4.41. The van der Waals surface area contributed by atoms with Gasteiger partial charge in [0.15, 0.2) is 0 Å². The lowest BCUT2D eigenvalue weighted by atomic mass is 9.93. The maximum absolute atomic E-state index is 13.0. The molecule has 0 aromatic heterocycles. The molecule has 2 aliphatic rings. The number of carboxylic acids is 1. The monoisotopic (exact) mass is 464 g/mol. The van der Waals surface area contributed by atoms with Crippen LogP contribution in [0, 0.1) is 5.92 Å². The van der Waals surface area contributed by atoms with Crippen molar-refractivity contribution in [2.45, 2.75) is 51.0 Å². The second-order valence-corrected chi connectivity index (χ2v) is 9.21. The molecule has 4 rings (SSSR count). The molecule has 1 fully saturated rings. The number of nitrogens with one attached hydrogen (secondary N) is 1. The Bertz CT molecular complexity index is 1000. The Morgan fingerprint density at radius 1 is 1.06 bits per heavy atom. The number of hydrogen-bond acceptors (Lipinski definition) is 4. The van der Waals surface area contributed by atoms with E-state index in [-0.39, 0.29) is 30.8 Å². The number of aliphatic carboxylic acids is 1. The van der Waals surface area contributed by atoms with E-state index in [0.717, 1.165) is 24.0 Å². The molecular formula is C27H32N2O5. The van der Waals surface area contributed by atoms with Gasteiger partial charge >= 0.3 is 12.1 Å². The van der Waals surface area contributed by atoms with Crippen molar-refractivity contribution in [2.75, 3.05) is 19.7 Å². The van der Waals surface area contributed by atoms with Gasteiger partial charge < -0.3 is 20.1 Å². The minimum atomic E-state index is -0.817. The lowest BCUT2D eigenvalue weighted by Crippen LogP contribution is -2.57. The zero-order valence-electron chi connectivity index (χ0n) is 19.5. The van der Waals surface area contributed by atoms with Crippen LogP contribution in [0.1, 0.15) is 56.1 Å². The van der Waals surface area contributed by atoms with E-state index in [2.05, 4.69) is 29.6 Å². The topological polar surface area (TPSA) is 95.9 Å². The number of carboxylic acid groups (broad SMARTS) is 1. The number of rotatable bonds is 10. The third kappa shape index (κ3) is 5.24. The SMILES string of the molecule is CCCCC(NC(=O)OCC1c2ccccc2-c2ccccc21)C(=O)N1CC(CCC(=O)O)C1. The molecule has 2 amide bonds. The van der Waals surface area contributed by atoms with Crippen LogP contribution in [0.2, 0.25) is 0 Å². The highest BCUT2D eigenvalue weighted by molar-refractivity contribution is 5.86. The molecule has 1 heterocycles. The molecule has 0 saturated carbocycles. The van der Waals surface area contributed by atoms with Gasteiger partial charge in [-0.2, -0.15) is 0 Å². The van der Waals surface area contributed by atoms with Crippen LogP contribution in [0.4, 0.5) is 4.79 Å². The molecule has 34 heavy (non-hydrogen) atoms. The minimum Gasteiger partial charge on any atom is -0.481 e. The molecule has 180 valence electrons. The van der Waals surface area contributed by atoms with Crippen molar-refractivity contribution in [3.05, 3.63) is 59.7 Å². The van der Waals surface area contributed by atoms with Crippen molar-refractivity contribution >= 4 is 18.0 Å². The van der Waals surface area contributed by atoms with Crippen LogP contribution in [0.5, 0.6) is 0 Å². The van der Waals surface area contributed by atoms with Crippen LogP contribution in [0.15, 0.2) is 48.5 Å². The van der Waals surface area contributed by atoms with Gasteiger partial charge in [-0.25, -0.2) is 4.79 Å². The molecule has 0 spiro atoms. The molecule has 2 N–H and O–H groups in total. The number of likely N-dealkylation sites (tertiary alicyclic amines) is 1. The Hall–Kier alpha value is -3.35. The summed E-state index contributed by atoms with van der Waals surface area (Å²) in [6, 6.07) is 15.7. The van der Waals surface area contributed by atoms with Crippen molar-refractivity contribution < 1.29 is 24.2 Å². The van der Waals surface area contributed by atoms with E-state index < -0.39 is 18.1 Å². The summed E-state index contributed by atoms with van der Waals surface area (Å²) < 4.78 is 5.63. The Labute approximate surface area is 200 Å². The summed E-state index contributed by atoms with van der Waals surface area (Å²) in [5.41, 5.74) is 4.61. The molecular weight excluding hydrogens is 432 g/mol. The van der Waals surface area contributed by atoms with E-state index in [4.69, 9.17) is 9.84 Å². The number of ether oxygens (including phenoxy) is 1. The van der Waals surface area contributed by atoms with Gasteiger partial charge in [-0.3, -0.25) is 9.59 Å². The van der Waals surface area contributed by atoms with E-state index in [0.29, 0.717) is 25.9 Å². The van der Waals surface area contributed by atoms with Gasteiger partial charge in [0, 0.05) is 25.4 Å². The van der Waals surface area contributed by atoms with Crippen LogP contribution < -0.4 is 5.32 Å². The zero-order chi connectivity index (χ0) is 24.1. The molecule has 1 aliphatic carbocycles. The molecule has 1 atom stereocenters. The van der Waals surface area contributed by atoms with Crippen molar-refractivity contribution in [1.82, 2.24) is 10.2 Å². The number of amides is 2. The van der Waals surface area contributed by atoms with Crippen LogP contribution in [0.3, 0.4) is 0 Å². The first-order valence-electron chi connectivity index (χ1n) is 12.1.